The summed E-state index contributed by atoms with van der Waals surface area (Å²) in [7, 11) is 0. The topological polar surface area (TPSA) is 81.8 Å². The van der Waals surface area contributed by atoms with Gasteiger partial charge in [-0.1, -0.05) is 35.9 Å². The molecule has 0 radical (unpaired) electrons. The molecule has 26 heavy (non-hydrogen) atoms. The number of carbonyl (C=O) groups excluding carboxylic acids is 1. The van der Waals surface area contributed by atoms with E-state index in [2.05, 4.69) is 15.5 Å². The Labute approximate surface area is 148 Å². The maximum atomic E-state index is 12.6. The zero-order chi connectivity index (χ0) is 18.1. The van der Waals surface area contributed by atoms with E-state index in [1.165, 1.54) is 12.5 Å². The van der Waals surface area contributed by atoms with Crippen molar-refractivity contribution in [1.82, 2.24) is 19.4 Å². The number of nitrogens with one attached hydrogen (secondary N) is 1. The molecule has 2 aromatic carbocycles. The van der Waals surface area contributed by atoms with Gasteiger partial charge in [-0.25, -0.2) is 14.3 Å². The lowest BCUT2D eigenvalue weighted by atomic mass is 10.1. The monoisotopic (exact) mass is 345 g/mol. The summed E-state index contributed by atoms with van der Waals surface area (Å²) in [5.74, 6) is -0.385. The number of para-hydroxylation sites is 1. The summed E-state index contributed by atoms with van der Waals surface area (Å²) in [5, 5.41) is 4.56. The normalized spacial score (nSPS) is 10.8. The molecule has 0 aliphatic carbocycles. The highest BCUT2D eigenvalue weighted by Crippen LogP contribution is 2.12. The van der Waals surface area contributed by atoms with Crippen LogP contribution in [0.25, 0.3) is 16.7 Å². The van der Waals surface area contributed by atoms with Crippen molar-refractivity contribution in [2.75, 3.05) is 5.43 Å². The smallest absolute Gasteiger partial charge is 0.267 e. The maximum absolute atomic E-state index is 12.6. The summed E-state index contributed by atoms with van der Waals surface area (Å²) >= 11 is 0. The zero-order valence-corrected chi connectivity index (χ0v) is 14.0. The minimum absolute atomic E-state index is 0.320. The Balaban J connectivity index is 1.70. The number of amides is 1. The minimum Gasteiger partial charge on any atom is -0.267 e. The molecular formula is C19H15N5O2. The van der Waals surface area contributed by atoms with Crippen molar-refractivity contribution >= 4 is 16.9 Å². The van der Waals surface area contributed by atoms with E-state index in [1.807, 2.05) is 49.4 Å². The van der Waals surface area contributed by atoms with E-state index >= 15 is 0 Å². The number of benzene rings is 2. The Kier molecular flexibility index (Phi) is 3.81. The van der Waals surface area contributed by atoms with E-state index in [4.69, 9.17) is 0 Å². The Morgan fingerprint density at radius 2 is 1.77 bits per heavy atom. The fraction of sp³-hybridized carbons (Fsp3) is 0.0526. The molecule has 0 atom stereocenters. The first kappa shape index (κ1) is 15.8. The van der Waals surface area contributed by atoms with Crippen molar-refractivity contribution in [3.63, 3.8) is 0 Å². The van der Waals surface area contributed by atoms with Crippen molar-refractivity contribution < 1.29 is 4.79 Å². The molecule has 0 bridgehead atoms. The minimum atomic E-state index is -0.391. The SMILES string of the molecule is Cc1ccc(C(=O)Nn2cnc3c(cnn3-c3ccccc3)c2=O)cc1. The molecule has 4 rings (SSSR count). The molecule has 7 nitrogen and oxygen atoms in total. The molecule has 0 aliphatic heterocycles. The van der Waals surface area contributed by atoms with Gasteiger partial charge >= 0.3 is 0 Å². The van der Waals surface area contributed by atoms with E-state index in [0.717, 1.165) is 15.9 Å². The maximum Gasteiger partial charge on any atom is 0.283 e. The van der Waals surface area contributed by atoms with Crippen LogP contribution in [0.5, 0.6) is 0 Å². The summed E-state index contributed by atoms with van der Waals surface area (Å²) in [6.45, 7) is 1.94. The van der Waals surface area contributed by atoms with Gasteiger partial charge in [0.25, 0.3) is 11.5 Å². The molecule has 1 amide bonds. The van der Waals surface area contributed by atoms with Crippen LogP contribution in [0, 0.1) is 6.92 Å². The molecule has 2 heterocycles. The second kappa shape index (κ2) is 6.29. The number of nitrogens with zero attached hydrogens (tertiary/aromatic N) is 4. The van der Waals surface area contributed by atoms with Gasteiger partial charge in [-0.05, 0) is 31.2 Å². The Morgan fingerprint density at radius 1 is 1.04 bits per heavy atom. The Morgan fingerprint density at radius 3 is 2.50 bits per heavy atom. The van der Waals surface area contributed by atoms with E-state index in [-0.39, 0.29) is 5.91 Å². The van der Waals surface area contributed by atoms with Crippen molar-refractivity contribution in [3.05, 3.63) is 88.6 Å². The van der Waals surface area contributed by atoms with Crippen molar-refractivity contribution in [1.29, 1.82) is 0 Å². The quantitative estimate of drug-likeness (QED) is 0.617. The van der Waals surface area contributed by atoms with Gasteiger partial charge in [-0.2, -0.15) is 5.10 Å². The van der Waals surface area contributed by atoms with Gasteiger partial charge in [-0.3, -0.25) is 15.0 Å². The third kappa shape index (κ3) is 2.75. The van der Waals surface area contributed by atoms with Crippen molar-refractivity contribution in [3.8, 4) is 5.69 Å². The average molecular weight is 345 g/mol. The van der Waals surface area contributed by atoms with Crippen molar-refractivity contribution in [2.24, 2.45) is 0 Å². The molecule has 0 saturated heterocycles. The van der Waals surface area contributed by atoms with Crippen LogP contribution in [0.4, 0.5) is 0 Å². The highest BCUT2D eigenvalue weighted by molar-refractivity contribution is 6.00. The van der Waals surface area contributed by atoms with Crippen LogP contribution in [-0.2, 0) is 0 Å². The number of hydrogen-bond acceptors (Lipinski definition) is 4. The van der Waals surface area contributed by atoms with E-state index in [9.17, 15) is 9.59 Å². The molecule has 0 aliphatic rings. The third-order valence-electron chi connectivity index (χ3n) is 4.03. The summed E-state index contributed by atoms with van der Waals surface area (Å²) in [5.41, 5.74) is 4.91. The lowest BCUT2D eigenvalue weighted by Crippen LogP contribution is -2.33. The third-order valence-corrected chi connectivity index (χ3v) is 4.03. The van der Waals surface area contributed by atoms with Crippen LogP contribution < -0.4 is 11.0 Å². The van der Waals surface area contributed by atoms with Crippen LogP contribution in [0.1, 0.15) is 15.9 Å². The zero-order valence-electron chi connectivity index (χ0n) is 14.0. The first-order chi connectivity index (χ1) is 12.6. The Hall–Kier alpha value is -3.74. The molecule has 2 aromatic heterocycles. The summed E-state index contributed by atoms with van der Waals surface area (Å²) in [6, 6.07) is 16.5. The van der Waals surface area contributed by atoms with Gasteiger partial charge in [0.1, 0.15) is 11.7 Å². The lowest BCUT2D eigenvalue weighted by Gasteiger charge is -2.08. The van der Waals surface area contributed by atoms with E-state index in [0.29, 0.717) is 16.6 Å². The van der Waals surface area contributed by atoms with Gasteiger partial charge in [0.2, 0.25) is 0 Å². The van der Waals surface area contributed by atoms with Crippen molar-refractivity contribution in [2.45, 2.75) is 6.92 Å². The average Bonchev–Trinajstić information content (AvgIpc) is 3.10. The standard InChI is InChI=1S/C19H15N5O2/c1-13-7-9-14(10-8-13)18(25)22-23-12-20-17-16(19(23)26)11-21-24(17)15-5-3-2-4-6-15/h2-12H,1H3,(H,22,25). The van der Waals surface area contributed by atoms with Gasteiger partial charge < -0.3 is 0 Å². The van der Waals surface area contributed by atoms with Gasteiger partial charge in [0.15, 0.2) is 5.65 Å². The number of fused-ring (bicyclic) bond motifs is 1. The molecule has 128 valence electrons. The number of rotatable bonds is 3. The largest absolute Gasteiger partial charge is 0.283 e. The molecule has 0 saturated carbocycles. The Bertz CT molecular complexity index is 1140. The second-order valence-corrected chi connectivity index (χ2v) is 5.86. The molecule has 0 spiro atoms. The first-order valence-corrected chi connectivity index (χ1v) is 8.02. The molecule has 7 heteroatoms. The molecule has 4 aromatic rings. The highest BCUT2D eigenvalue weighted by Gasteiger charge is 2.13. The highest BCUT2D eigenvalue weighted by atomic mass is 16.2. The number of hydrogen-bond donors (Lipinski definition) is 1. The fourth-order valence-electron chi connectivity index (χ4n) is 2.63. The first-order valence-electron chi connectivity index (χ1n) is 8.02. The fourth-order valence-corrected chi connectivity index (χ4v) is 2.63. The van der Waals surface area contributed by atoms with Gasteiger partial charge in [-0.15, -0.1) is 0 Å². The molecule has 0 fully saturated rings. The summed E-state index contributed by atoms with van der Waals surface area (Å²) in [4.78, 5) is 29.3. The predicted octanol–water partition coefficient (Wildman–Crippen LogP) is 2.27. The van der Waals surface area contributed by atoms with Gasteiger partial charge in [0, 0.05) is 5.56 Å². The molecule has 1 N–H and O–H groups in total. The van der Waals surface area contributed by atoms with Gasteiger partial charge in [0.05, 0.1) is 11.9 Å². The van der Waals surface area contributed by atoms with Crippen LogP contribution in [0.3, 0.4) is 0 Å². The molecular weight excluding hydrogens is 330 g/mol. The lowest BCUT2D eigenvalue weighted by molar-refractivity contribution is 0.101. The van der Waals surface area contributed by atoms with Crippen LogP contribution >= 0.6 is 0 Å². The second-order valence-electron chi connectivity index (χ2n) is 5.86. The number of aromatic nitrogens is 4. The van der Waals surface area contributed by atoms with Crippen LogP contribution in [0.2, 0.25) is 0 Å². The van der Waals surface area contributed by atoms with E-state index < -0.39 is 5.56 Å². The van der Waals surface area contributed by atoms with Crippen LogP contribution in [-0.4, -0.2) is 25.3 Å². The summed E-state index contributed by atoms with van der Waals surface area (Å²) in [6.07, 6.45) is 2.74. The predicted molar refractivity (Wildman–Crippen MR) is 98.0 cm³/mol. The molecule has 0 unspecified atom stereocenters. The number of carbonyl (C=O) groups is 1. The van der Waals surface area contributed by atoms with E-state index in [1.54, 1.807) is 16.8 Å². The van der Waals surface area contributed by atoms with Crippen LogP contribution in [0.15, 0.2) is 71.9 Å². The summed E-state index contributed by atoms with van der Waals surface area (Å²) < 4.78 is 2.66. The number of aryl methyl sites for hydroxylation is 1.